The summed E-state index contributed by atoms with van der Waals surface area (Å²) < 4.78 is 7.40. The Morgan fingerprint density at radius 1 is 1.26 bits per heavy atom. The average molecular weight is 415 g/mol. The molecule has 0 spiro atoms. The van der Waals surface area contributed by atoms with Gasteiger partial charge in [-0.05, 0) is 36.4 Å². The standard InChI is InChI=1S/C18H14N4O2S3/c23-14(9-26-18-20-11-3-1-2-4-13(11)27-18)19-12-7-8-25-15(12)17-21-16(22-24-17)10-5-6-10/h1-4,7-8,10H,5-6,9H2,(H,19,23). The summed E-state index contributed by atoms with van der Waals surface area (Å²) in [4.78, 5) is 22.2. The zero-order valence-corrected chi connectivity index (χ0v) is 16.5. The highest BCUT2D eigenvalue weighted by atomic mass is 32.2. The Hall–Kier alpha value is -2.23. The van der Waals surface area contributed by atoms with Crippen molar-refractivity contribution in [2.24, 2.45) is 0 Å². The molecule has 1 saturated carbocycles. The summed E-state index contributed by atoms with van der Waals surface area (Å²) in [6.07, 6.45) is 2.24. The molecular formula is C18H14N4O2S3. The number of carbonyl (C=O) groups excluding carboxylic acids is 1. The summed E-state index contributed by atoms with van der Waals surface area (Å²) >= 11 is 4.52. The van der Waals surface area contributed by atoms with Gasteiger partial charge in [-0.1, -0.05) is 29.1 Å². The molecule has 0 saturated heterocycles. The van der Waals surface area contributed by atoms with Gasteiger partial charge in [-0.25, -0.2) is 4.98 Å². The predicted octanol–water partition coefficient (Wildman–Crippen LogP) is 5.02. The number of para-hydroxylation sites is 1. The van der Waals surface area contributed by atoms with Gasteiger partial charge < -0.3 is 9.84 Å². The molecule has 1 fully saturated rings. The lowest BCUT2D eigenvalue weighted by Crippen LogP contribution is -2.13. The molecule has 3 heterocycles. The largest absolute Gasteiger partial charge is 0.333 e. The van der Waals surface area contributed by atoms with Crippen molar-refractivity contribution in [1.82, 2.24) is 15.1 Å². The van der Waals surface area contributed by atoms with Crippen LogP contribution in [-0.2, 0) is 4.79 Å². The predicted molar refractivity (Wildman–Crippen MR) is 109 cm³/mol. The van der Waals surface area contributed by atoms with Gasteiger partial charge in [0.05, 0.1) is 21.7 Å². The Morgan fingerprint density at radius 3 is 3.00 bits per heavy atom. The van der Waals surface area contributed by atoms with Gasteiger partial charge in [-0.2, -0.15) is 4.98 Å². The van der Waals surface area contributed by atoms with E-state index >= 15 is 0 Å². The summed E-state index contributed by atoms with van der Waals surface area (Å²) in [5, 5.41) is 8.90. The number of thiophene rings is 1. The zero-order chi connectivity index (χ0) is 18.2. The fourth-order valence-electron chi connectivity index (χ4n) is 2.63. The minimum Gasteiger partial charge on any atom is -0.333 e. The van der Waals surface area contributed by atoms with E-state index in [-0.39, 0.29) is 5.91 Å². The molecule has 0 unspecified atom stereocenters. The van der Waals surface area contributed by atoms with E-state index in [0.717, 1.165) is 38.1 Å². The summed E-state index contributed by atoms with van der Waals surface area (Å²) in [5.41, 5.74) is 1.68. The van der Waals surface area contributed by atoms with Crippen LogP contribution in [0.5, 0.6) is 0 Å². The number of hydrogen-bond donors (Lipinski definition) is 1. The quantitative estimate of drug-likeness (QED) is 0.446. The summed E-state index contributed by atoms with van der Waals surface area (Å²) in [5.74, 6) is 1.89. The van der Waals surface area contributed by atoms with Gasteiger partial charge in [0.25, 0.3) is 5.89 Å². The highest BCUT2D eigenvalue weighted by molar-refractivity contribution is 8.01. The minimum absolute atomic E-state index is 0.0826. The molecule has 1 amide bonds. The SMILES string of the molecule is O=C(CSc1nc2ccccc2s1)Nc1ccsc1-c1nc(C2CC2)no1. The molecule has 136 valence electrons. The maximum atomic E-state index is 12.4. The van der Waals surface area contributed by atoms with Crippen LogP contribution in [0.15, 0.2) is 44.6 Å². The van der Waals surface area contributed by atoms with E-state index in [1.807, 2.05) is 35.7 Å². The van der Waals surface area contributed by atoms with Crippen molar-refractivity contribution in [1.29, 1.82) is 0 Å². The number of nitrogens with one attached hydrogen (secondary N) is 1. The number of rotatable bonds is 6. The maximum absolute atomic E-state index is 12.4. The first-order valence-electron chi connectivity index (χ1n) is 8.46. The molecule has 4 aromatic rings. The number of nitrogens with zero attached hydrogens (tertiary/aromatic N) is 3. The second-order valence-electron chi connectivity index (χ2n) is 6.18. The van der Waals surface area contributed by atoms with E-state index in [4.69, 9.17) is 4.52 Å². The normalized spacial score (nSPS) is 13.9. The lowest BCUT2D eigenvalue weighted by atomic mass is 10.3. The third kappa shape index (κ3) is 3.62. The lowest BCUT2D eigenvalue weighted by molar-refractivity contribution is -0.113. The third-order valence-electron chi connectivity index (χ3n) is 4.12. The molecule has 9 heteroatoms. The van der Waals surface area contributed by atoms with E-state index < -0.39 is 0 Å². The summed E-state index contributed by atoms with van der Waals surface area (Å²) in [6, 6.07) is 9.84. The smallest absolute Gasteiger partial charge is 0.270 e. The Kier molecular flexibility index (Phi) is 4.42. The highest BCUT2D eigenvalue weighted by Crippen LogP contribution is 2.40. The third-order valence-corrected chi connectivity index (χ3v) is 7.20. The van der Waals surface area contributed by atoms with Gasteiger partial charge in [0, 0.05) is 5.92 Å². The molecule has 5 rings (SSSR count). The Labute approximate surface area is 167 Å². The molecule has 27 heavy (non-hydrogen) atoms. The molecule has 0 bridgehead atoms. The van der Waals surface area contributed by atoms with Crippen LogP contribution in [0.2, 0.25) is 0 Å². The molecule has 6 nitrogen and oxygen atoms in total. The molecule has 0 radical (unpaired) electrons. The van der Waals surface area contributed by atoms with Gasteiger partial charge in [0.1, 0.15) is 4.88 Å². The number of fused-ring (bicyclic) bond motifs is 1. The molecule has 3 aromatic heterocycles. The number of thioether (sulfide) groups is 1. The number of anilines is 1. The fraction of sp³-hybridized carbons (Fsp3) is 0.222. The second kappa shape index (κ2) is 7.06. The molecule has 0 atom stereocenters. The number of amides is 1. The molecule has 1 N–H and O–H groups in total. The van der Waals surface area contributed by atoms with Gasteiger partial charge in [-0.15, -0.1) is 22.7 Å². The van der Waals surface area contributed by atoms with Crippen molar-refractivity contribution < 1.29 is 9.32 Å². The first kappa shape index (κ1) is 16.9. The topological polar surface area (TPSA) is 80.9 Å². The van der Waals surface area contributed by atoms with Gasteiger partial charge in [0.2, 0.25) is 5.91 Å². The van der Waals surface area contributed by atoms with Crippen molar-refractivity contribution >= 4 is 56.2 Å². The van der Waals surface area contributed by atoms with Crippen molar-refractivity contribution in [2.75, 3.05) is 11.1 Å². The van der Waals surface area contributed by atoms with Crippen molar-refractivity contribution in [3.63, 3.8) is 0 Å². The highest BCUT2D eigenvalue weighted by Gasteiger charge is 2.29. The molecule has 1 aliphatic rings. The first-order chi connectivity index (χ1) is 13.3. The number of carbonyl (C=O) groups is 1. The number of benzene rings is 1. The van der Waals surface area contributed by atoms with E-state index in [0.29, 0.717) is 23.2 Å². The maximum Gasteiger partial charge on any atom is 0.270 e. The molecule has 1 aromatic carbocycles. The zero-order valence-electron chi connectivity index (χ0n) is 14.0. The van der Waals surface area contributed by atoms with Crippen molar-refractivity contribution in [3.8, 4) is 10.8 Å². The van der Waals surface area contributed by atoms with E-state index in [9.17, 15) is 4.79 Å². The van der Waals surface area contributed by atoms with Crippen molar-refractivity contribution in [2.45, 2.75) is 23.1 Å². The fourth-order valence-corrected chi connectivity index (χ4v) is 5.27. The Balaban J connectivity index is 1.25. The Bertz CT molecular complexity index is 1080. The van der Waals surface area contributed by atoms with Crippen LogP contribution in [0.3, 0.4) is 0 Å². The van der Waals surface area contributed by atoms with Crippen LogP contribution in [0, 0.1) is 0 Å². The van der Waals surface area contributed by atoms with Crippen LogP contribution in [0.4, 0.5) is 5.69 Å². The second-order valence-corrected chi connectivity index (χ2v) is 9.35. The number of thiazole rings is 1. The van der Waals surface area contributed by atoms with E-state index in [1.54, 1.807) is 11.3 Å². The van der Waals surface area contributed by atoms with Crippen LogP contribution >= 0.6 is 34.4 Å². The van der Waals surface area contributed by atoms with Gasteiger partial charge in [-0.3, -0.25) is 4.79 Å². The monoisotopic (exact) mass is 414 g/mol. The van der Waals surface area contributed by atoms with Crippen LogP contribution < -0.4 is 5.32 Å². The van der Waals surface area contributed by atoms with Crippen LogP contribution in [0.25, 0.3) is 21.0 Å². The average Bonchev–Trinajstić information content (AvgIpc) is 3.09. The minimum atomic E-state index is -0.0826. The Morgan fingerprint density at radius 2 is 2.15 bits per heavy atom. The number of aromatic nitrogens is 3. The summed E-state index contributed by atoms with van der Waals surface area (Å²) in [6.45, 7) is 0. The van der Waals surface area contributed by atoms with Gasteiger partial charge >= 0.3 is 0 Å². The molecular weight excluding hydrogens is 400 g/mol. The molecule has 1 aliphatic carbocycles. The molecule has 0 aliphatic heterocycles. The van der Waals surface area contributed by atoms with E-state index in [1.165, 1.54) is 23.1 Å². The first-order valence-corrected chi connectivity index (χ1v) is 11.1. The summed E-state index contributed by atoms with van der Waals surface area (Å²) in [7, 11) is 0. The van der Waals surface area contributed by atoms with Crippen molar-refractivity contribution in [3.05, 3.63) is 41.5 Å². The van der Waals surface area contributed by atoms with Gasteiger partial charge in [0.15, 0.2) is 10.2 Å². The van der Waals surface area contributed by atoms with E-state index in [2.05, 4.69) is 20.4 Å². The number of hydrogen-bond acceptors (Lipinski definition) is 8. The van der Waals surface area contributed by atoms with Crippen LogP contribution in [0.1, 0.15) is 24.6 Å². The van der Waals surface area contributed by atoms with Crippen LogP contribution in [-0.4, -0.2) is 26.8 Å². The lowest BCUT2D eigenvalue weighted by Gasteiger charge is -2.03.